The standard InChI is InChI=1S/C40H40O9S/c1-2-3-4-17-26-50-40-35(49-39(44)31-24-15-8-16-25-31)34(48-38(43)30-22-13-7-14-23-30)33(47-37(42)29-20-11-6-12-21-29)32(46-40)27-45-36(41)28-18-9-5-10-19-28/h5-16,18-25,32-35,40H,2-4,17,26-27H2,1H3/t32-,33+,34+,35-,40+/m1/s1. The van der Waals surface area contributed by atoms with E-state index in [0.717, 1.165) is 25.7 Å². The smallest absolute Gasteiger partial charge is 0.338 e. The summed E-state index contributed by atoms with van der Waals surface area (Å²) in [4.78, 5) is 53.9. The maximum Gasteiger partial charge on any atom is 0.338 e. The van der Waals surface area contributed by atoms with E-state index < -0.39 is 53.7 Å². The largest absolute Gasteiger partial charge is 0.459 e. The van der Waals surface area contributed by atoms with Crippen molar-refractivity contribution in [2.45, 2.75) is 62.5 Å². The Labute approximate surface area is 296 Å². The molecule has 0 aliphatic carbocycles. The summed E-state index contributed by atoms with van der Waals surface area (Å²) < 4.78 is 30.6. The Morgan fingerprint density at radius 3 is 1.42 bits per heavy atom. The van der Waals surface area contributed by atoms with Crippen LogP contribution in [0.4, 0.5) is 0 Å². The van der Waals surface area contributed by atoms with Crippen LogP contribution in [-0.2, 0) is 23.7 Å². The molecule has 1 aliphatic heterocycles. The van der Waals surface area contributed by atoms with Crippen molar-refractivity contribution in [3.8, 4) is 0 Å². The molecule has 1 fully saturated rings. The molecule has 0 radical (unpaired) electrons. The van der Waals surface area contributed by atoms with Crippen molar-refractivity contribution in [2.24, 2.45) is 0 Å². The first-order chi connectivity index (χ1) is 24.4. The number of carbonyl (C=O) groups excluding carboxylic acids is 4. The predicted octanol–water partition coefficient (Wildman–Crippen LogP) is 7.56. The van der Waals surface area contributed by atoms with Crippen LogP contribution in [0.2, 0.25) is 0 Å². The average Bonchev–Trinajstić information content (AvgIpc) is 3.17. The van der Waals surface area contributed by atoms with E-state index in [-0.39, 0.29) is 23.3 Å². The van der Waals surface area contributed by atoms with Gasteiger partial charge in [-0.15, -0.1) is 11.8 Å². The Balaban J connectivity index is 1.52. The Morgan fingerprint density at radius 2 is 0.960 bits per heavy atom. The van der Waals surface area contributed by atoms with E-state index in [2.05, 4.69) is 6.92 Å². The van der Waals surface area contributed by atoms with Crippen molar-refractivity contribution in [3.05, 3.63) is 144 Å². The van der Waals surface area contributed by atoms with Gasteiger partial charge in [0.1, 0.15) is 18.1 Å². The van der Waals surface area contributed by atoms with Crippen LogP contribution in [0.5, 0.6) is 0 Å². The fraction of sp³-hybridized carbons (Fsp3) is 0.300. The highest BCUT2D eigenvalue weighted by Gasteiger charge is 2.53. The van der Waals surface area contributed by atoms with Crippen molar-refractivity contribution in [3.63, 3.8) is 0 Å². The van der Waals surface area contributed by atoms with Gasteiger partial charge in [-0.1, -0.05) is 99.0 Å². The maximum absolute atomic E-state index is 13.7. The Hall–Kier alpha value is -4.93. The summed E-state index contributed by atoms with van der Waals surface area (Å²) in [6.07, 6.45) is -1.01. The molecular weight excluding hydrogens is 656 g/mol. The lowest BCUT2D eigenvalue weighted by Crippen LogP contribution is -2.61. The number of carbonyl (C=O) groups is 4. The van der Waals surface area contributed by atoms with Crippen LogP contribution in [0, 0.1) is 0 Å². The van der Waals surface area contributed by atoms with Crippen molar-refractivity contribution in [2.75, 3.05) is 12.4 Å². The summed E-state index contributed by atoms with van der Waals surface area (Å²) in [5.41, 5.74) is 0.223. The van der Waals surface area contributed by atoms with Crippen LogP contribution in [0.15, 0.2) is 121 Å². The minimum absolute atomic E-state index is 0.242. The molecule has 9 nitrogen and oxygen atoms in total. The minimum atomic E-state index is -1.34. The third kappa shape index (κ3) is 10.1. The molecule has 50 heavy (non-hydrogen) atoms. The van der Waals surface area contributed by atoms with Gasteiger partial charge >= 0.3 is 23.9 Å². The first kappa shape index (κ1) is 36.4. The molecular formula is C40H40O9S. The van der Waals surface area contributed by atoms with E-state index >= 15 is 0 Å². The highest BCUT2D eigenvalue weighted by molar-refractivity contribution is 7.99. The maximum atomic E-state index is 13.7. The fourth-order valence-electron chi connectivity index (χ4n) is 5.39. The van der Waals surface area contributed by atoms with E-state index in [1.54, 1.807) is 121 Å². The summed E-state index contributed by atoms with van der Waals surface area (Å²) in [5.74, 6) is -2.07. The Kier molecular flexibility index (Phi) is 13.6. The molecule has 0 unspecified atom stereocenters. The molecule has 4 aromatic carbocycles. The van der Waals surface area contributed by atoms with E-state index in [1.165, 1.54) is 11.8 Å². The first-order valence-corrected chi connectivity index (χ1v) is 17.8. The highest BCUT2D eigenvalue weighted by atomic mass is 32.2. The summed E-state index contributed by atoms with van der Waals surface area (Å²) in [6.45, 7) is 1.78. The quantitative estimate of drug-likeness (QED) is 0.0701. The molecule has 10 heteroatoms. The number of esters is 4. The van der Waals surface area contributed by atoms with Gasteiger partial charge in [-0.2, -0.15) is 0 Å². The molecule has 0 spiro atoms. The van der Waals surface area contributed by atoms with Gasteiger partial charge in [0.05, 0.1) is 22.3 Å². The molecule has 1 saturated heterocycles. The Bertz CT molecular complexity index is 1670. The van der Waals surface area contributed by atoms with E-state index in [1.807, 2.05) is 0 Å². The van der Waals surface area contributed by atoms with Crippen molar-refractivity contribution < 1.29 is 42.9 Å². The van der Waals surface area contributed by atoms with Crippen LogP contribution in [0.3, 0.4) is 0 Å². The second kappa shape index (κ2) is 18.7. The monoisotopic (exact) mass is 696 g/mol. The second-order valence-electron chi connectivity index (χ2n) is 11.6. The molecule has 0 aromatic heterocycles. The van der Waals surface area contributed by atoms with E-state index in [4.69, 9.17) is 23.7 Å². The van der Waals surface area contributed by atoms with Crippen LogP contribution in [-0.4, -0.2) is 66.1 Å². The predicted molar refractivity (Wildman–Crippen MR) is 189 cm³/mol. The molecule has 0 saturated carbocycles. The van der Waals surface area contributed by atoms with Gasteiger partial charge in [-0.25, -0.2) is 19.2 Å². The van der Waals surface area contributed by atoms with Gasteiger partial charge < -0.3 is 23.7 Å². The van der Waals surface area contributed by atoms with E-state index in [9.17, 15) is 19.2 Å². The minimum Gasteiger partial charge on any atom is -0.459 e. The SMILES string of the molecule is CCCCCCS[C@@H]1O[C@H](COC(=O)c2ccccc2)[C@H](OC(=O)c2ccccc2)[C@H](OC(=O)c2ccccc2)[C@H]1OC(=O)c1ccccc1. The first-order valence-electron chi connectivity index (χ1n) is 16.7. The van der Waals surface area contributed by atoms with Crippen LogP contribution >= 0.6 is 11.8 Å². The molecule has 0 bridgehead atoms. The zero-order valence-electron chi connectivity index (χ0n) is 27.8. The number of benzene rings is 4. The van der Waals surface area contributed by atoms with E-state index in [0.29, 0.717) is 11.3 Å². The summed E-state index contributed by atoms with van der Waals surface area (Å²) in [7, 11) is 0. The lowest BCUT2D eigenvalue weighted by atomic mass is 9.98. The number of unbranched alkanes of at least 4 members (excludes halogenated alkanes) is 3. The molecule has 4 aromatic rings. The van der Waals surface area contributed by atoms with Crippen LogP contribution < -0.4 is 0 Å². The number of rotatable bonds is 15. The van der Waals surface area contributed by atoms with Crippen LogP contribution in [0.1, 0.15) is 74.0 Å². The zero-order chi connectivity index (χ0) is 35.1. The summed E-state index contributed by atoms with van der Waals surface area (Å²) in [5, 5.41) is 0. The van der Waals surface area contributed by atoms with Gasteiger partial charge in [0.15, 0.2) is 18.3 Å². The molecule has 0 N–H and O–H groups in total. The zero-order valence-corrected chi connectivity index (χ0v) is 28.6. The van der Waals surface area contributed by atoms with Crippen molar-refractivity contribution in [1.82, 2.24) is 0 Å². The second-order valence-corrected chi connectivity index (χ2v) is 12.9. The van der Waals surface area contributed by atoms with Gasteiger partial charge in [-0.3, -0.25) is 0 Å². The summed E-state index contributed by atoms with van der Waals surface area (Å²) in [6, 6.07) is 33.5. The van der Waals surface area contributed by atoms with Gasteiger partial charge in [0.25, 0.3) is 0 Å². The lowest BCUT2D eigenvalue weighted by molar-refractivity contribution is -0.207. The lowest BCUT2D eigenvalue weighted by Gasteiger charge is -2.44. The fourth-order valence-corrected chi connectivity index (χ4v) is 6.61. The topological polar surface area (TPSA) is 114 Å². The van der Waals surface area contributed by atoms with Gasteiger partial charge in [0, 0.05) is 0 Å². The molecule has 260 valence electrons. The number of hydrogen-bond acceptors (Lipinski definition) is 10. The third-order valence-corrected chi connectivity index (χ3v) is 9.25. The number of thioether (sulfide) groups is 1. The highest BCUT2D eigenvalue weighted by Crippen LogP contribution is 2.36. The Morgan fingerprint density at radius 1 is 0.540 bits per heavy atom. The number of hydrogen-bond donors (Lipinski definition) is 0. The molecule has 0 amide bonds. The summed E-state index contributed by atoms with van der Waals surface area (Å²) >= 11 is 1.40. The molecule has 5 atom stereocenters. The third-order valence-electron chi connectivity index (χ3n) is 8.02. The number of ether oxygens (including phenoxy) is 5. The molecule has 1 heterocycles. The molecule has 5 rings (SSSR count). The van der Waals surface area contributed by atoms with Gasteiger partial charge in [-0.05, 0) is 60.7 Å². The normalized spacial score (nSPS) is 19.9. The van der Waals surface area contributed by atoms with Crippen molar-refractivity contribution >= 4 is 35.6 Å². The van der Waals surface area contributed by atoms with Crippen molar-refractivity contribution in [1.29, 1.82) is 0 Å². The molecule has 1 aliphatic rings. The average molecular weight is 697 g/mol. The van der Waals surface area contributed by atoms with Gasteiger partial charge in [0.2, 0.25) is 0 Å². The van der Waals surface area contributed by atoms with Crippen LogP contribution in [0.25, 0.3) is 0 Å².